The van der Waals surface area contributed by atoms with Crippen molar-refractivity contribution in [2.75, 3.05) is 13.4 Å². The molecule has 0 radical (unpaired) electrons. The summed E-state index contributed by atoms with van der Waals surface area (Å²) in [6, 6.07) is 3.82. The molecule has 0 saturated carbocycles. The number of allylic oxidation sites excluding steroid dienone is 2. The van der Waals surface area contributed by atoms with Crippen LogP contribution in [0.1, 0.15) is 76.3 Å². The standard InChI is InChI=1S/C22H32O5/c1-4-6-7-10-17-13-19(23)21(18-11-8-9-16(3)12-18)20(14-17)26-15-27-22(24)25-5-2/h12-14,18,23H,4-11,15H2,1-3H3. The van der Waals surface area contributed by atoms with Crippen LogP contribution in [0.4, 0.5) is 4.79 Å². The van der Waals surface area contributed by atoms with Crippen LogP contribution in [-0.4, -0.2) is 24.7 Å². The summed E-state index contributed by atoms with van der Waals surface area (Å²) in [5.41, 5.74) is 3.14. The van der Waals surface area contributed by atoms with E-state index in [0.717, 1.165) is 56.1 Å². The van der Waals surface area contributed by atoms with Crippen molar-refractivity contribution in [1.29, 1.82) is 0 Å². The highest BCUT2D eigenvalue weighted by Crippen LogP contribution is 2.42. The van der Waals surface area contributed by atoms with Gasteiger partial charge in [0, 0.05) is 11.5 Å². The largest absolute Gasteiger partial charge is 0.511 e. The second kappa shape index (κ2) is 10.9. The number of carbonyl (C=O) groups is 1. The zero-order chi connectivity index (χ0) is 19.6. The average molecular weight is 376 g/mol. The minimum atomic E-state index is -0.754. The Bertz CT molecular complexity index is 650. The van der Waals surface area contributed by atoms with Gasteiger partial charge in [-0.3, -0.25) is 0 Å². The predicted octanol–water partition coefficient (Wildman–Crippen LogP) is 5.85. The molecule has 0 aromatic heterocycles. The van der Waals surface area contributed by atoms with Crippen molar-refractivity contribution in [3.63, 3.8) is 0 Å². The van der Waals surface area contributed by atoms with Gasteiger partial charge in [-0.2, -0.15) is 0 Å². The van der Waals surface area contributed by atoms with Gasteiger partial charge in [-0.15, -0.1) is 0 Å². The molecule has 27 heavy (non-hydrogen) atoms. The monoisotopic (exact) mass is 376 g/mol. The number of ether oxygens (including phenoxy) is 3. The van der Waals surface area contributed by atoms with Gasteiger partial charge in [0.15, 0.2) is 0 Å². The third-order valence-electron chi connectivity index (χ3n) is 4.85. The first-order chi connectivity index (χ1) is 13.0. The van der Waals surface area contributed by atoms with Crippen LogP contribution in [0.15, 0.2) is 23.8 Å². The Morgan fingerprint density at radius 2 is 2.04 bits per heavy atom. The van der Waals surface area contributed by atoms with Gasteiger partial charge >= 0.3 is 6.16 Å². The van der Waals surface area contributed by atoms with Crippen LogP contribution in [0.5, 0.6) is 11.5 Å². The first-order valence-corrected chi connectivity index (χ1v) is 10.0. The molecule has 1 N–H and O–H groups in total. The number of aryl methyl sites for hydroxylation is 1. The molecule has 1 aromatic carbocycles. The molecule has 0 amide bonds. The zero-order valence-corrected chi connectivity index (χ0v) is 16.8. The number of hydrogen-bond acceptors (Lipinski definition) is 5. The summed E-state index contributed by atoms with van der Waals surface area (Å²) in [7, 11) is 0. The van der Waals surface area contributed by atoms with Crippen LogP contribution in [0.3, 0.4) is 0 Å². The number of unbranched alkanes of at least 4 members (excludes halogenated alkanes) is 2. The number of aromatic hydroxyl groups is 1. The van der Waals surface area contributed by atoms with Gasteiger partial charge in [0.25, 0.3) is 0 Å². The summed E-state index contributed by atoms with van der Waals surface area (Å²) in [6.07, 6.45) is 8.84. The third-order valence-corrected chi connectivity index (χ3v) is 4.85. The molecule has 0 aliphatic heterocycles. The van der Waals surface area contributed by atoms with E-state index >= 15 is 0 Å². The molecule has 5 heteroatoms. The zero-order valence-electron chi connectivity index (χ0n) is 16.8. The number of phenolic OH excluding ortho intramolecular Hbond substituents is 1. The van der Waals surface area contributed by atoms with E-state index in [0.29, 0.717) is 5.75 Å². The molecule has 0 spiro atoms. The Morgan fingerprint density at radius 1 is 1.22 bits per heavy atom. The summed E-state index contributed by atoms with van der Waals surface area (Å²) < 4.78 is 15.5. The fourth-order valence-electron chi connectivity index (χ4n) is 3.52. The Balaban J connectivity index is 2.21. The fourth-order valence-corrected chi connectivity index (χ4v) is 3.52. The first kappa shape index (κ1) is 21.1. The van der Waals surface area contributed by atoms with Gasteiger partial charge in [0.1, 0.15) is 11.5 Å². The Morgan fingerprint density at radius 3 is 2.74 bits per heavy atom. The highest BCUT2D eigenvalue weighted by molar-refractivity contribution is 5.59. The van der Waals surface area contributed by atoms with Gasteiger partial charge in [0.2, 0.25) is 6.79 Å². The molecule has 1 aromatic rings. The molecule has 1 aliphatic rings. The number of rotatable bonds is 9. The second-order valence-corrected chi connectivity index (χ2v) is 7.09. The predicted molar refractivity (Wildman–Crippen MR) is 105 cm³/mol. The molecule has 0 saturated heterocycles. The van der Waals surface area contributed by atoms with Gasteiger partial charge in [0.05, 0.1) is 6.61 Å². The van der Waals surface area contributed by atoms with Crippen molar-refractivity contribution in [2.24, 2.45) is 0 Å². The molecule has 150 valence electrons. The van der Waals surface area contributed by atoms with Crippen LogP contribution in [-0.2, 0) is 15.9 Å². The van der Waals surface area contributed by atoms with Gasteiger partial charge in [-0.05, 0) is 63.6 Å². The van der Waals surface area contributed by atoms with Crippen molar-refractivity contribution in [2.45, 2.75) is 71.6 Å². The quantitative estimate of drug-likeness (QED) is 0.253. The molecular formula is C22H32O5. The van der Waals surface area contributed by atoms with Crippen LogP contribution in [0.25, 0.3) is 0 Å². The summed E-state index contributed by atoms with van der Waals surface area (Å²) in [4.78, 5) is 11.4. The third kappa shape index (κ3) is 6.49. The van der Waals surface area contributed by atoms with E-state index in [-0.39, 0.29) is 25.1 Å². The normalized spacial score (nSPS) is 16.6. The molecule has 1 unspecified atom stereocenters. The van der Waals surface area contributed by atoms with E-state index < -0.39 is 6.16 Å². The van der Waals surface area contributed by atoms with Crippen molar-refractivity contribution in [3.05, 3.63) is 34.9 Å². The van der Waals surface area contributed by atoms with E-state index in [9.17, 15) is 9.90 Å². The van der Waals surface area contributed by atoms with E-state index in [2.05, 4.69) is 19.9 Å². The summed E-state index contributed by atoms with van der Waals surface area (Å²) in [6.45, 7) is 6.02. The lowest BCUT2D eigenvalue weighted by Gasteiger charge is -2.24. The minimum absolute atomic E-state index is 0.112. The summed E-state index contributed by atoms with van der Waals surface area (Å²) in [5.74, 6) is 0.953. The number of phenols is 1. The lowest BCUT2D eigenvalue weighted by atomic mass is 9.84. The van der Waals surface area contributed by atoms with Crippen molar-refractivity contribution < 1.29 is 24.1 Å². The fraction of sp³-hybridized carbons (Fsp3) is 0.591. The smallest absolute Gasteiger partial charge is 0.507 e. The first-order valence-electron chi connectivity index (χ1n) is 10.0. The molecular weight excluding hydrogens is 344 g/mol. The number of benzene rings is 1. The van der Waals surface area contributed by atoms with E-state index in [1.165, 1.54) is 5.57 Å². The number of hydrogen-bond donors (Lipinski definition) is 1. The van der Waals surface area contributed by atoms with Crippen molar-refractivity contribution in [3.8, 4) is 11.5 Å². The highest BCUT2D eigenvalue weighted by atomic mass is 16.8. The Kier molecular flexibility index (Phi) is 8.49. The average Bonchev–Trinajstić information content (AvgIpc) is 2.62. The van der Waals surface area contributed by atoms with E-state index in [1.807, 2.05) is 12.1 Å². The second-order valence-electron chi connectivity index (χ2n) is 7.09. The molecule has 1 atom stereocenters. The summed E-state index contributed by atoms with van der Waals surface area (Å²) >= 11 is 0. The van der Waals surface area contributed by atoms with Crippen molar-refractivity contribution in [1.82, 2.24) is 0 Å². The maximum absolute atomic E-state index is 11.4. The summed E-state index contributed by atoms with van der Waals surface area (Å²) in [5, 5.41) is 10.7. The minimum Gasteiger partial charge on any atom is -0.507 e. The highest BCUT2D eigenvalue weighted by Gasteiger charge is 2.22. The van der Waals surface area contributed by atoms with Crippen LogP contribution < -0.4 is 4.74 Å². The van der Waals surface area contributed by atoms with Gasteiger partial charge in [-0.25, -0.2) is 4.79 Å². The molecule has 0 fully saturated rings. The molecule has 5 nitrogen and oxygen atoms in total. The van der Waals surface area contributed by atoms with Crippen LogP contribution >= 0.6 is 0 Å². The van der Waals surface area contributed by atoms with Crippen molar-refractivity contribution >= 4 is 6.16 Å². The van der Waals surface area contributed by atoms with Gasteiger partial charge < -0.3 is 19.3 Å². The van der Waals surface area contributed by atoms with E-state index in [1.54, 1.807) is 6.92 Å². The molecule has 0 bridgehead atoms. The van der Waals surface area contributed by atoms with Crippen LogP contribution in [0, 0.1) is 0 Å². The lowest BCUT2D eigenvalue weighted by Crippen LogP contribution is -2.13. The van der Waals surface area contributed by atoms with Gasteiger partial charge in [-0.1, -0.05) is 31.4 Å². The maximum atomic E-state index is 11.4. The Hall–Kier alpha value is -2.17. The molecule has 1 aliphatic carbocycles. The maximum Gasteiger partial charge on any atom is 0.511 e. The molecule has 2 rings (SSSR count). The number of carbonyl (C=O) groups excluding carboxylic acids is 1. The van der Waals surface area contributed by atoms with E-state index in [4.69, 9.17) is 14.2 Å². The lowest BCUT2D eigenvalue weighted by molar-refractivity contribution is 0.00640. The topological polar surface area (TPSA) is 65.0 Å². The van der Waals surface area contributed by atoms with Crippen LogP contribution in [0.2, 0.25) is 0 Å². The SMILES string of the molecule is CCCCCc1cc(O)c(C2C=C(C)CCC2)c(OCOC(=O)OCC)c1. The molecule has 0 heterocycles. The Labute approximate surface area is 162 Å².